The summed E-state index contributed by atoms with van der Waals surface area (Å²) in [7, 11) is 0. The van der Waals surface area contributed by atoms with Gasteiger partial charge in [-0.25, -0.2) is 4.79 Å². The standard InChI is InChI=1S/C37H44O4/c1-5-6-7-8-9-24-40-32-19-17-31(18-20-32)37(39)41-33-21-15-30(16-22-33)29-13-11-28(12-14-29)25-35-27(4)10-23-34(26(2)3)36(35)38/h11-22,25-27,34H,5-10,23-24H2,1-4H3/b35-25-. The van der Waals surface area contributed by atoms with Gasteiger partial charge in [-0.1, -0.05) is 89.8 Å². The highest BCUT2D eigenvalue weighted by atomic mass is 16.5. The maximum absolute atomic E-state index is 13.0. The molecule has 0 radical (unpaired) electrons. The Hall–Kier alpha value is -3.66. The molecule has 1 saturated carbocycles. The number of hydrogen-bond donors (Lipinski definition) is 0. The first kappa shape index (κ1) is 30.3. The van der Waals surface area contributed by atoms with Crippen LogP contribution in [0, 0.1) is 17.8 Å². The molecule has 3 aromatic carbocycles. The predicted molar refractivity (Wildman–Crippen MR) is 167 cm³/mol. The van der Waals surface area contributed by atoms with Crippen molar-refractivity contribution in [3.05, 3.63) is 89.5 Å². The molecule has 1 aliphatic carbocycles. The minimum absolute atomic E-state index is 0.132. The van der Waals surface area contributed by atoms with Gasteiger partial charge in [0.2, 0.25) is 0 Å². The average molecular weight is 553 g/mol. The van der Waals surface area contributed by atoms with Crippen LogP contribution in [0.3, 0.4) is 0 Å². The van der Waals surface area contributed by atoms with E-state index in [4.69, 9.17) is 9.47 Å². The van der Waals surface area contributed by atoms with Crippen LogP contribution in [-0.4, -0.2) is 18.4 Å². The Bertz CT molecular complexity index is 1300. The van der Waals surface area contributed by atoms with E-state index in [2.05, 4.69) is 58.0 Å². The molecule has 0 amide bonds. The first-order valence-corrected chi connectivity index (χ1v) is 15.3. The van der Waals surface area contributed by atoms with Crippen LogP contribution in [0.25, 0.3) is 17.2 Å². The van der Waals surface area contributed by atoms with E-state index in [9.17, 15) is 9.59 Å². The largest absolute Gasteiger partial charge is 0.494 e. The third-order valence-electron chi connectivity index (χ3n) is 8.11. The van der Waals surface area contributed by atoms with Gasteiger partial charge in [-0.2, -0.15) is 0 Å². The number of Topliss-reactive ketones (excluding diaryl/α,β-unsaturated/α-hetero) is 1. The fourth-order valence-electron chi connectivity index (χ4n) is 5.44. The Morgan fingerprint density at radius 2 is 1.44 bits per heavy atom. The number of benzene rings is 3. The van der Waals surface area contributed by atoms with Crippen molar-refractivity contribution in [1.29, 1.82) is 0 Å². The van der Waals surface area contributed by atoms with Crippen LogP contribution in [0.1, 0.15) is 88.6 Å². The second kappa shape index (κ2) is 14.8. The quantitative estimate of drug-likeness (QED) is 0.0971. The van der Waals surface area contributed by atoms with Gasteiger partial charge in [0.15, 0.2) is 5.78 Å². The van der Waals surface area contributed by atoms with Gasteiger partial charge in [0.05, 0.1) is 12.2 Å². The Morgan fingerprint density at radius 3 is 2.07 bits per heavy atom. The Balaban J connectivity index is 1.32. The molecule has 2 atom stereocenters. The van der Waals surface area contributed by atoms with E-state index in [1.807, 2.05) is 36.4 Å². The summed E-state index contributed by atoms with van der Waals surface area (Å²) in [6.45, 7) is 9.34. The zero-order valence-electron chi connectivity index (χ0n) is 25.0. The molecule has 4 rings (SSSR count). The molecule has 41 heavy (non-hydrogen) atoms. The molecule has 216 valence electrons. The van der Waals surface area contributed by atoms with Crippen molar-refractivity contribution < 1.29 is 19.1 Å². The summed E-state index contributed by atoms with van der Waals surface area (Å²) >= 11 is 0. The van der Waals surface area contributed by atoms with Crippen LogP contribution >= 0.6 is 0 Å². The lowest BCUT2D eigenvalue weighted by Gasteiger charge is -2.30. The van der Waals surface area contributed by atoms with Crippen molar-refractivity contribution in [1.82, 2.24) is 0 Å². The van der Waals surface area contributed by atoms with Crippen molar-refractivity contribution in [2.24, 2.45) is 17.8 Å². The third-order valence-corrected chi connectivity index (χ3v) is 8.11. The summed E-state index contributed by atoms with van der Waals surface area (Å²) in [6, 6.07) is 22.9. The van der Waals surface area contributed by atoms with E-state index >= 15 is 0 Å². The van der Waals surface area contributed by atoms with Crippen LogP contribution < -0.4 is 9.47 Å². The second-order valence-corrected chi connectivity index (χ2v) is 11.6. The smallest absolute Gasteiger partial charge is 0.343 e. The van der Waals surface area contributed by atoms with Crippen molar-refractivity contribution >= 4 is 17.8 Å². The molecular formula is C37H44O4. The lowest BCUT2D eigenvalue weighted by molar-refractivity contribution is -0.122. The van der Waals surface area contributed by atoms with Gasteiger partial charge in [0.25, 0.3) is 0 Å². The van der Waals surface area contributed by atoms with Crippen molar-refractivity contribution in [3.63, 3.8) is 0 Å². The molecule has 1 fully saturated rings. The molecule has 0 saturated heterocycles. The number of rotatable bonds is 12. The third kappa shape index (κ3) is 8.42. The molecule has 0 N–H and O–H groups in total. The fraction of sp³-hybridized carbons (Fsp3) is 0.405. The Kier molecular flexibility index (Phi) is 11.0. The summed E-state index contributed by atoms with van der Waals surface area (Å²) < 4.78 is 11.4. The van der Waals surface area contributed by atoms with E-state index in [1.54, 1.807) is 12.1 Å². The second-order valence-electron chi connectivity index (χ2n) is 11.6. The van der Waals surface area contributed by atoms with Crippen molar-refractivity contribution in [3.8, 4) is 22.6 Å². The highest BCUT2D eigenvalue weighted by Gasteiger charge is 2.32. The molecule has 0 spiro atoms. The number of esters is 1. The lowest BCUT2D eigenvalue weighted by atomic mass is 9.73. The Morgan fingerprint density at radius 1 is 0.829 bits per heavy atom. The normalized spacial score (nSPS) is 18.1. The number of allylic oxidation sites excluding steroid dienone is 1. The minimum atomic E-state index is -0.396. The molecule has 0 aromatic heterocycles. The van der Waals surface area contributed by atoms with Crippen LogP contribution in [0.2, 0.25) is 0 Å². The van der Waals surface area contributed by atoms with Gasteiger partial charge in [0.1, 0.15) is 11.5 Å². The van der Waals surface area contributed by atoms with E-state index in [0.29, 0.717) is 35.5 Å². The van der Waals surface area contributed by atoms with Gasteiger partial charge >= 0.3 is 5.97 Å². The maximum Gasteiger partial charge on any atom is 0.343 e. The minimum Gasteiger partial charge on any atom is -0.494 e. The molecule has 0 aliphatic heterocycles. The van der Waals surface area contributed by atoms with Crippen LogP contribution in [0.4, 0.5) is 0 Å². The topological polar surface area (TPSA) is 52.6 Å². The monoisotopic (exact) mass is 552 g/mol. The van der Waals surface area contributed by atoms with E-state index in [-0.39, 0.29) is 5.92 Å². The average Bonchev–Trinajstić information content (AvgIpc) is 2.98. The lowest BCUT2D eigenvalue weighted by Crippen LogP contribution is -2.30. The molecule has 4 nitrogen and oxygen atoms in total. The van der Waals surface area contributed by atoms with Gasteiger partial charge in [-0.15, -0.1) is 0 Å². The first-order valence-electron chi connectivity index (χ1n) is 15.3. The molecule has 3 aromatic rings. The SMILES string of the molecule is CCCCCCCOc1ccc(C(=O)Oc2ccc(-c3ccc(/C=C4\C(=O)C(C(C)C)CCC4C)cc3)cc2)cc1. The molecule has 0 bridgehead atoms. The number of ether oxygens (including phenoxy) is 2. The van der Waals surface area contributed by atoms with Gasteiger partial charge in [-0.05, 0) is 95.8 Å². The summed E-state index contributed by atoms with van der Waals surface area (Å²) in [4.78, 5) is 25.7. The summed E-state index contributed by atoms with van der Waals surface area (Å²) in [5.74, 6) is 1.98. The fourth-order valence-corrected chi connectivity index (χ4v) is 5.44. The highest BCUT2D eigenvalue weighted by molar-refractivity contribution is 6.02. The molecule has 0 heterocycles. The summed E-state index contributed by atoms with van der Waals surface area (Å²) in [5.41, 5.74) is 4.58. The molecule has 1 aliphatic rings. The van der Waals surface area contributed by atoms with Gasteiger partial charge in [-0.3, -0.25) is 4.79 Å². The molecular weight excluding hydrogens is 508 g/mol. The van der Waals surface area contributed by atoms with Crippen molar-refractivity contribution in [2.45, 2.75) is 72.6 Å². The zero-order valence-corrected chi connectivity index (χ0v) is 25.0. The Labute approximate surface area is 245 Å². The van der Waals surface area contributed by atoms with Crippen molar-refractivity contribution in [2.75, 3.05) is 6.61 Å². The van der Waals surface area contributed by atoms with Crippen LogP contribution in [0.5, 0.6) is 11.5 Å². The van der Waals surface area contributed by atoms with Crippen LogP contribution in [0.15, 0.2) is 78.4 Å². The number of ketones is 1. The highest BCUT2D eigenvalue weighted by Crippen LogP contribution is 2.35. The number of hydrogen-bond acceptors (Lipinski definition) is 4. The summed E-state index contributed by atoms with van der Waals surface area (Å²) in [6.07, 6.45) is 10.1. The zero-order chi connectivity index (χ0) is 29.2. The van der Waals surface area contributed by atoms with E-state index in [1.165, 1.54) is 25.7 Å². The van der Waals surface area contributed by atoms with Gasteiger partial charge in [0, 0.05) is 5.92 Å². The van der Waals surface area contributed by atoms with Crippen LogP contribution in [-0.2, 0) is 4.79 Å². The number of carbonyl (C=O) groups excluding carboxylic acids is 2. The maximum atomic E-state index is 13.0. The molecule has 2 unspecified atom stereocenters. The predicted octanol–water partition coefficient (Wildman–Crippen LogP) is 9.58. The van der Waals surface area contributed by atoms with Gasteiger partial charge < -0.3 is 9.47 Å². The number of unbranched alkanes of at least 4 members (excludes halogenated alkanes) is 4. The van der Waals surface area contributed by atoms with E-state index < -0.39 is 5.97 Å². The number of carbonyl (C=O) groups is 2. The molecule has 4 heteroatoms. The summed E-state index contributed by atoms with van der Waals surface area (Å²) in [5, 5.41) is 0. The van der Waals surface area contributed by atoms with E-state index in [0.717, 1.165) is 47.3 Å². The first-order chi connectivity index (χ1) is 19.9.